The molecule has 0 N–H and O–H groups in total. The van der Waals surface area contributed by atoms with Crippen molar-refractivity contribution in [2.75, 3.05) is 6.61 Å². The van der Waals surface area contributed by atoms with Crippen molar-refractivity contribution in [2.45, 2.75) is 12.5 Å². The zero-order valence-corrected chi connectivity index (χ0v) is 14.8. The molecule has 26 heavy (non-hydrogen) atoms. The highest BCUT2D eigenvalue weighted by Crippen LogP contribution is 2.40. The highest BCUT2D eigenvalue weighted by atomic mass is 16.5. The summed E-state index contributed by atoms with van der Waals surface area (Å²) in [5, 5.41) is 0. The molecule has 0 aliphatic rings. The van der Waals surface area contributed by atoms with Crippen molar-refractivity contribution in [3.8, 4) is 0 Å². The molecule has 0 unspecified atom stereocenters. The molecule has 3 aromatic rings. The average Bonchev–Trinajstić information content (AvgIpc) is 2.71. The van der Waals surface area contributed by atoms with E-state index in [-0.39, 0.29) is 12.4 Å². The maximum absolute atomic E-state index is 12.2. The molecule has 0 fully saturated rings. The number of rotatable bonds is 7. The second-order valence-corrected chi connectivity index (χ2v) is 6.03. The van der Waals surface area contributed by atoms with Gasteiger partial charge in [0.05, 0.1) is 0 Å². The molecule has 0 spiro atoms. The van der Waals surface area contributed by atoms with Gasteiger partial charge in [0.25, 0.3) is 0 Å². The first-order valence-corrected chi connectivity index (χ1v) is 8.73. The van der Waals surface area contributed by atoms with Gasteiger partial charge in [-0.05, 0) is 29.7 Å². The van der Waals surface area contributed by atoms with Gasteiger partial charge < -0.3 is 4.74 Å². The van der Waals surface area contributed by atoms with Gasteiger partial charge in [0.1, 0.15) is 12.2 Å². The van der Waals surface area contributed by atoms with Gasteiger partial charge in [0.2, 0.25) is 0 Å². The van der Waals surface area contributed by atoms with Crippen LogP contribution in [0.5, 0.6) is 0 Å². The van der Waals surface area contributed by atoms with Crippen LogP contribution in [0.1, 0.15) is 23.6 Å². The largest absolute Gasteiger partial charge is 0.353 e. The van der Waals surface area contributed by atoms with E-state index < -0.39 is 5.60 Å². The third kappa shape index (κ3) is 3.66. The Hall–Kier alpha value is -2.97. The van der Waals surface area contributed by atoms with Crippen LogP contribution in [-0.4, -0.2) is 12.4 Å². The SMILES string of the molecule is C/C=C/C(=O)COC(c1ccccc1)(c1ccccc1)c1ccccc1. The van der Waals surface area contributed by atoms with Crippen LogP contribution in [0.4, 0.5) is 0 Å². The molecule has 0 bridgehead atoms. The number of hydrogen-bond acceptors (Lipinski definition) is 2. The van der Waals surface area contributed by atoms with Crippen LogP contribution in [0.25, 0.3) is 0 Å². The number of ether oxygens (including phenoxy) is 1. The van der Waals surface area contributed by atoms with Crippen molar-refractivity contribution in [1.82, 2.24) is 0 Å². The lowest BCUT2D eigenvalue weighted by Gasteiger charge is -2.35. The molecule has 0 heterocycles. The monoisotopic (exact) mass is 342 g/mol. The molecule has 0 aliphatic heterocycles. The number of carbonyl (C=O) groups is 1. The molecule has 0 aromatic heterocycles. The standard InChI is InChI=1S/C24H22O2/c1-2-12-23(25)19-26-24(20-13-6-3-7-14-20,21-15-8-4-9-16-21)22-17-10-5-11-18-22/h2-18H,19H2,1H3/b12-2+. The second-order valence-electron chi connectivity index (χ2n) is 6.03. The third-order valence-corrected chi connectivity index (χ3v) is 4.32. The summed E-state index contributed by atoms with van der Waals surface area (Å²) >= 11 is 0. The molecular formula is C24H22O2. The first kappa shape index (κ1) is 17.8. The summed E-state index contributed by atoms with van der Waals surface area (Å²) in [6.45, 7) is 1.83. The number of benzene rings is 3. The zero-order chi connectivity index (χ0) is 18.2. The fraction of sp³-hybridized carbons (Fsp3) is 0.125. The van der Waals surface area contributed by atoms with Gasteiger partial charge in [-0.2, -0.15) is 0 Å². The summed E-state index contributed by atoms with van der Waals surface area (Å²) in [7, 11) is 0. The van der Waals surface area contributed by atoms with Crippen molar-refractivity contribution in [3.05, 3.63) is 120 Å². The molecule has 3 rings (SSSR count). The topological polar surface area (TPSA) is 26.3 Å². The molecule has 0 amide bonds. The second kappa shape index (κ2) is 8.41. The Bertz CT molecular complexity index is 756. The Morgan fingerprint density at radius 3 is 1.50 bits per heavy atom. The molecule has 0 radical (unpaired) electrons. The summed E-state index contributed by atoms with van der Waals surface area (Å²) in [6.07, 6.45) is 3.28. The first-order valence-electron chi connectivity index (χ1n) is 8.73. The molecule has 0 atom stereocenters. The minimum Gasteiger partial charge on any atom is -0.353 e. The summed E-state index contributed by atoms with van der Waals surface area (Å²) in [4.78, 5) is 12.2. The molecule has 2 nitrogen and oxygen atoms in total. The molecule has 0 aliphatic carbocycles. The van der Waals surface area contributed by atoms with E-state index in [0.29, 0.717) is 0 Å². The lowest BCUT2D eigenvalue weighted by molar-refractivity contribution is -0.122. The van der Waals surface area contributed by atoms with Crippen LogP contribution < -0.4 is 0 Å². The maximum Gasteiger partial charge on any atom is 0.181 e. The molecular weight excluding hydrogens is 320 g/mol. The fourth-order valence-electron chi connectivity index (χ4n) is 3.18. The van der Waals surface area contributed by atoms with Crippen LogP contribution in [0.3, 0.4) is 0 Å². The molecule has 0 saturated carbocycles. The van der Waals surface area contributed by atoms with Gasteiger partial charge in [-0.25, -0.2) is 0 Å². The van der Waals surface area contributed by atoms with Gasteiger partial charge in [-0.15, -0.1) is 0 Å². The molecule has 130 valence electrons. The number of hydrogen-bond donors (Lipinski definition) is 0. The Labute approximate surface area is 154 Å². The Morgan fingerprint density at radius 2 is 1.15 bits per heavy atom. The van der Waals surface area contributed by atoms with E-state index in [4.69, 9.17) is 4.74 Å². The predicted molar refractivity (Wildman–Crippen MR) is 105 cm³/mol. The maximum atomic E-state index is 12.2. The Morgan fingerprint density at radius 1 is 0.769 bits per heavy atom. The lowest BCUT2D eigenvalue weighted by Crippen LogP contribution is -2.34. The summed E-state index contributed by atoms with van der Waals surface area (Å²) in [6, 6.07) is 30.2. The molecule has 0 saturated heterocycles. The van der Waals surface area contributed by atoms with E-state index in [9.17, 15) is 4.79 Å². The Kier molecular flexibility index (Phi) is 5.77. The first-order chi connectivity index (χ1) is 12.8. The van der Waals surface area contributed by atoms with Crippen molar-refractivity contribution >= 4 is 5.78 Å². The van der Waals surface area contributed by atoms with Crippen molar-refractivity contribution < 1.29 is 9.53 Å². The van der Waals surface area contributed by atoms with E-state index in [2.05, 4.69) is 0 Å². The summed E-state index contributed by atoms with van der Waals surface area (Å²) < 4.78 is 6.40. The lowest BCUT2D eigenvalue weighted by atomic mass is 9.80. The van der Waals surface area contributed by atoms with E-state index in [1.807, 2.05) is 97.9 Å². The van der Waals surface area contributed by atoms with Crippen LogP contribution in [-0.2, 0) is 15.1 Å². The summed E-state index contributed by atoms with van der Waals surface area (Å²) in [5.41, 5.74) is 2.13. The van der Waals surface area contributed by atoms with E-state index >= 15 is 0 Å². The van der Waals surface area contributed by atoms with Crippen molar-refractivity contribution in [3.63, 3.8) is 0 Å². The number of carbonyl (C=O) groups excluding carboxylic acids is 1. The van der Waals surface area contributed by atoms with Crippen LogP contribution in [0, 0.1) is 0 Å². The molecule has 2 heteroatoms. The van der Waals surface area contributed by atoms with Crippen molar-refractivity contribution in [1.29, 1.82) is 0 Å². The van der Waals surface area contributed by atoms with Gasteiger partial charge in [-0.1, -0.05) is 97.1 Å². The minimum atomic E-state index is -0.846. The highest BCUT2D eigenvalue weighted by Gasteiger charge is 2.37. The van der Waals surface area contributed by atoms with Gasteiger partial charge in [0, 0.05) is 0 Å². The van der Waals surface area contributed by atoms with E-state index in [1.165, 1.54) is 0 Å². The zero-order valence-electron chi connectivity index (χ0n) is 14.8. The number of allylic oxidation sites excluding steroid dienone is 1. The fourth-order valence-corrected chi connectivity index (χ4v) is 3.18. The Balaban J connectivity index is 2.19. The van der Waals surface area contributed by atoms with Crippen LogP contribution in [0.15, 0.2) is 103 Å². The highest BCUT2D eigenvalue weighted by molar-refractivity contribution is 5.90. The van der Waals surface area contributed by atoms with Crippen LogP contribution in [0.2, 0.25) is 0 Å². The number of ketones is 1. The quantitative estimate of drug-likeness (QED) is 0.439. The predicted octanol–water partition coefficient (Wildman–Crippen LogP) is 5.14. The normalized spacial score (nSPS) is 11.6. The van der Waals surface area contributed by atoms with Crippen molar-refractivity contribution in [2.24, 2.45) is 0 Å². The van der Waals surface area contributed by atoms with E-state index in [1.54, 1.807) is 12.2 Å². The minimum absolute atomic E-state index is 0.00300. The van der Waals surface area contributed by atoms with E-state index in [0.717, 1.165) is 16.7 Å². The average molecular weight is 342 g/mol. The molecule has 3 aromatic carbocycles. The van der Waals surface area contributed by atoms with Gasteiger partial charge in [0.15, 0.2) is 5.78 Å². The third-order valence-electron chi connectivity index (χ3n) is 4.32. The van der Waals surface area contributed by atoms with Crippen LogP contribution >= 0.6 is 0 Å². The smallest absolute Gasteiger partial charge is 0.181 e. The summed E-state index contributed by atoms with van der Waals surface area (Å²) in [5.74, 6) is -0.0559. The van der Waals surface area contributed by atoms with Gasteiger partial charge >= 0.3 is 0 Å². The van der Waals surface area contributed by atoms with Gasteiger partial charge in [-0.3, -0.25) is 4.79 Å².